The van der Waals surface area contributed by atoms with E-state index in [-0.39, 0.29) is 11.9 Å². The van der Waals surface area contributed by atoms with Crippen LogP contribution in [0.1, 0.15) is 39.2 Å². The molecule has 2 aromatic rings. The normalized spacial score (nSPS) is 11.6. The summed E-state index contributed by atoms with van der Waals surface area (Å²) >= 11 is 3.19. The molecular weight excluding hydrogens is 362 g/mol. The van der Waals surface area contributed by atoms with Crippen molar-refractivity contribution in [1.82, 2.24) is 10.3 Å². The van der Waals surface area contributed by atoms with Crippen LogP contribution in [0.5, 0.6) is 0 Å². The standard InChI is InChI=1S/C16H16BrN3O3/c1-9(10-4-3-5-11(6-10)16(22)23-2)20-15(21)12-8-19-14(17)7-13(12)18/h3-9H,1-2H3,(H2,18,19)(H,20,21)/t9-/m1/s1. The molecule has 0 radical (unpaired) electrons. The topological polar surface area (TPSA) is 94.3 Å². The maximum Gasteiger partial charge on any atom is 0.337 e. The van der Waals surface area contributed by atoms with Gasteiger partial charge in [-0.25, -0.2) is 9.78 Å². The number of nitrogens with zero attached hydrogens (tertiary/aromatic N) is 1. The van der Waals surface area contributed by atoms with Crippen LogP contribution < -0.4 is 11.1 Å². The van der Waals surface area contributed by atoms with Gasteiger partial charge in [0.2, 0.25) is 0 Å². The number of amides is 1. The molecule has 0 fully saturated rings. The van der Waals surface area contributed by atoms with E-state index >= 15 is 0 Å². The van der Waals surface area contributed by atoms with E-state index in [0.29, 0.717) is 21.4 Å². The van der Waals surface area contributed by atoms with Crippen LogP contribution in [0.25, 0.3) is 0 Å². The molecule has 7 heteroatoms. The van der Waals surface area contributed by atoms with Crippen LogP contribution >= 0.6 is 15.9 Å². The Hall–Kier alpha value is -2.41. The Labute approximate surface area is 142 Å². The molecule has 23 heavy (non-hydrogen) atoms. The van der Waals surface area contributed by atoms with Crippen molar-refractivity contribution in [1.29, 1.82) is 0 Å². The molecule has 1 amide bonds. The number of esters is 1. The van der Waals surface area contributed by atoms with E-state index in [1.807, 2.05) is 13.0 Å². The minimum atomic E-state index is -0.424. The number of hydrogen-bond acceptors (Lipinski definition) is 5. The lowest BCUT2D eigenvalue weighted by atomic mass is 10.0. The monoisotopic (exact) mass is 377 g/mol. The van der Waals surface area contributed by atoms with Gasteiger partial charge in [0.05, 0.1) is 24.3 Å². The summed E-state index contributed by atoms with van der Waals surface area (Å²) in [5.41, 5.74) is 7.66. The molecule has 1 aromatic carbocycles. The predicted molar refractivity (Wildman–Crippen MR) is 90.0 cm³/mol. The zero-order valence-corrected chi connectivity index (χ0v) is 14.3. The summed E-state index contributed by atoms with van der Waals surface area (Å²) in [4.78, 5) is 27.9. The second kappa shape index (κ2) is 7.23. The maximum absolute atomic E-state index is 12.3. The highest BCUT2D eigenvalue weighted by Crippen LogP contribution is 2.19. The molecule has 1 heterocycles. The fourth-order valence-corrected chi connectivity index (χ4v) is 2.39. The Morgan fingerprint density at radius 2 is 2.09 bits per heavy atom. The van der Waals surface area contributed by atoms with Crippen LogP contribution in [0.3, 0.4) is 0 Å². The number of carbonyl (C=O) groups is 2. The van der Waals surface area contributed by atoms with Crippen LogP contribution in [0.2, 0.25) is 0 Å². The number of nitrogen functional groups attached to an aromatic ring is 1. The number of nitrogens with one attached hydrogen (secondary N) is 1. The van der Waals surface area contributed by atoms with Gasteiger partial charge < -0.3 is 15.8 Å². The number of benzene rings is 1. The van der Waals surface area contributed by atoms with Crippen LogP contribution in [-0.2, 0) is 4.74 Å². The van der Waals surface area contributed by atoms with E-state index < -0.39 is 5.97 Å². The average Bonchev–Trinajstić information content (AvgIpc) is 2.54. The van der Waals surface area contributed by atoms with Crippen molar-refractivity contribution in [2.75, 3.05) is 12.8 Å². The van der Waals surface area contributed by atoms with Gasteiger partial charge in [0.15, 0.2) is 0 Å². The summed E-state index contributed by atoms with van der Waals surface area (Å²) in [6.07, 6.45) is 1.41. The van der Waals surface area contributed by atoms with Gasteiger partial charge in [-0.3, -0.25) is 4.79 Å². The predicted octanol–water partition coefficient (Wildman–Crippen LogP) is 2.70. The third-order valence-electron chi connectivity index (χ3n) is 3.30. The van der Waals surface area contributed by atoms with Crippen molar-refractivity contribution < 1.29 is 14.3 Å². The Morgan fingerprint density at radius 3 is 2.74 bits per heavy atom. The minimum absolute atomic E-state index is 0.296. The summed E-state index contributed by atoms with van der Waals surface area (Å²) in [6, 6.07) is 8.15. The van der Waals surface area contributed by atoms with Crippen molar-refractivity contribution >= 4 is 33.5 Å². The highest BCUT2D eigenvalue weighted by atomic mass is 79.9. The highest BCUT2D eigenvalue weighted by molar-refractivity contribution is 9.10. The highest BCUT2D eigenvalue weighted by Gasteiger charge is 2.16. The summed E-state index contributed by atoms with van der Waals surface area (Å²) in [6.45, 7) is 1.82. The van der Waals surface area contributed by atoms with Crippen molar-refractivity contribution in [3.8, 4) is 0 Å². The Bertz CT molecular complexity index is 749. The lowest BCUT2D eigenvalue weighted by Gasteiger charge is -2.16. The summed E-state index contributed by atoms with van der Waals surface area (Å²) < 4.78 is 5.25. The molecular formula is C16H16BrN3O3. The Balaban J connectivity index is 2.16. The van der Waals surface area contributed by atoms with Gasteiger partial charge in [-0.1, -0.05) is 12.1 Å². The summed E-state index contributed by atoms with van der Waals surface area (Å²) in [5.74, 6) is -0.759. The van der Waals surface area contributed by atoms with E-state index in [9.17, 15) is 9.59 Å². The van der Waals surface area contributed by atoms with Crippen molar-refractivity contribution in [2.45, 2.75) is 13.0 Å². The molecule has 0 bridgehead atoms. The molecule has 6 nitrogen and oxygen atoms in total. The van der Waals surface area contributed by atoms with E-state index in [4.69, 9.17) is 10.5 Å². The summed E-state index contributed by atoms with van der Waals surface area (Å²) in [7, 11) is 1.32. The van der Waals surface area contributed by atoms with Gasteiger partial charge in [-0.15, -0.1) is 0 Å². The lowest BCUT2D eigenvalue weighted by molar-refractivity contribution is 0.0600. The van der Waals surface area contributed by atoms with Crippen LogP contribution in [-0.4, -0.2) is 24.0 Å². The fourth-order valence-electron chi connectivity index (χ4n) is 2.04. The smallest absolute Gasteiger partial charge is 0.337 e. The summed E-state index contributed by atoms with van der Waals surface area (Å²) in [5, 5.41) is 2.83. The molecule has 0 spiro atoms. The zero-order valence-electron chi connectivity index (χ0n) is 12.7. The number of aromatic nitrogens is 1. The molecule has 3 N–H and O–H groups in total. The molecule has 0 saturated heterocycles. The van der Waals surface area contributed by atoms with Crippen LogP contribution in [0.4, 0.5) is 5.69 Å². The molecule has 2 rings (SSSR count). The number of ether oxygens (including phenoxy) is 1. The zero-order chi connectivity index (χ0) is 17.0. The number of halogens is 1. The van der Waals surface area contributed by atoms with E-state index in [1.54, 1.807) is 24.3 Å². The van der Waals surface area contributed by atoms with Crippen molar-refractivity contribution in [3.63, 3.8) is 0 Å². The number of hydrogen-bond donors (Lipinski definition) is 2. The number of anilines is 1. The van der Waals surface area contributed by atoms with Crippen molar-refractivity contribution in [3.05, 3.63) is 57.8 Å². The molecule has 1 aromatic heterocycles. The van der Waals surface area contributed by atoms with E-state index in [0.717, 1.165) is 5.56 Å². The van der Waals surface area contributed by atoms with E-state index in [2.05, 4.69) is 26.2 Å². The number of carbonyl (C=O) groups excluding carboxylic acids is 2. The number of nitrogens with two attached hydrogens (primary N) is 1. The first-order chi connectivity index (χ1) is 10.9. The second-order valence-electron chi connectivity index (χ2n) is 4.91. The lowest BCUT2D eigenvalue weighted by Crippen LogP contribution is -2.27. The molecule has 0 aliphatic carbocycles. The number of methoxy groups -OCH3 is 1. The first kappa shape index (κ1) is 17.0. The molecule has 1 atom stereocenters. The van der Waals surface area contributed by atoms with E-state index in [1.165, 1.54) is 13.3 Å². The first-order valence-electron chi connectivity index (χ1n) is 6.82. The third-order valence-corrected chi connectivity index (χ3v) is 3.74. The Morgan fingerprint density at radius 1 is 1.35 bits per heavy atom. The van der Waals surface area contributed by atoms with Gasteiger partial charge in [0, 0.05) is 11.9 Å². The van der Waals surface area contributed by atoms with Gasteiger partial charge >= 0.3 is 5.97 Å². The van der Waals surface area contributed by atoms with Crippen LogP contribution in [0.15, 0.2) is 41.1 Å². The molecule has 0 saturated carbocycles. The number of rotatable bonds is 4. The third kappa shape index (κ3) is 4.07. The van der Waals surface area contributed by atoms with Crippen molar-refractivity contribution in [2.24, 2.45) is 0 Å². The molecule has 0 unspecified atom stereocenters. The van der Waals surface area contributed by atoms with Gasteiger partial charge in [-0.2, -0.15) is 0 Å². The van der Waals surface area contributed by atoms with Gasteiger partial charge in [0.1, 0.15) is 4.60 Å². The first-order valence-corrected chi connectivity index (χ1v) is 7.62. The second-order valence-corrected chi connectivity index (χ2v) is 5.72. The molecule has 0 aliphatic rings. The largest absolute Gasteiger partial charge is 0.465 e. The SMILES string of the molecule is COC(=O)c1cccc([C@@H](C)NC(=O)c2cnc(Br)cc2N)c1. The van der Waals surface area contributed by atoms with Crippen LogP contribution in [0, 0.1) is 0 Å². The fraction of sp³-hybridized carbons (Fsp3) is 0.188. The van der Waals surface area contributed by atoms with Gasteiger partial charge in [0.25, 0.3) is 5.91 Å². The Kier molecular flexibility index (Phi) is 5.33. The minimum Gasteiger partial charge on any atom is -0.465 e. The van der Waals surface area contributed by atoms with Gasteiger partial charge in [-0.05, 0) is 46.6 Å². The quantitative estimate of drug-likeness (QED) is 0.630. The maximum atomic E-state index is 12.3. The molecule has 0 aliphatic heterocycles. The molecule has 120 valence electrons. The average molecular weight is 378 g/mol. The number of pyridine rings is 1.